The van der Waals surface area contributed by atoms with Crippen LogP contribution >= 0.6 is 0 Å². The number of carbonyl (C=O) groups excluding carboxylic acids is 1. The van der Waals surface area contributed by atoms with E-state index in [1.165, 1.54) is 25.2 Å². The Hall–Kier alpha value is -2.98. The van der Waals surface area contributed by atoms with Crippen molar-refractivity contribution in [1.29, 1.82) is 0 Å². The fourth-order valence-corrected chi connectivity index (χ4v) is 2.88. The lowest BCUT2D eigenvalue weighted by atomic mass is 10.1. The van der Waals surface area contributed by atoms with E-state index in [-0.39, 0.29) is 18.0 Å². The molecule has 2 rings (SSSR count). The van der Waals surface area contributed by atoms with Crippen LogP contribution < -0.4 is 15.4 Å². The summed E-state index contributed by atoms with van der Waals surface area (Å²) in [4.78, 5) is 22.1. The molecular formula is C16H18N4O5S. The van der Waals surface area contributed by atoms with Gasteiger partial charge < -0.3 is 10.6 Å². The smallest absolute Gasteiger partial charge is 0.319 e. The average Bonchev–Trinajstić information content (AvgIpc) is 2.61. The second kappa shape index (κ2) is 8.41. The maximum atomic E-state index is 11.9. The van der Waals surface area contributed by atoms with Crippen LogP contribution in [0.4, 0.5) is 16.2 Å². The van der Waals surface area contributed by atoms with Gasteiger partial charge in [-0.05, 0) is 24.2 Å². The fraction of sp³-hybridized carbons (Fsp3) is 0.188. The molecule has 0 bridgehead atoms. The van der Waals surface area contributed by atoms with Crippen molar-refractivity contribution in [2.24, 2.45) is 0 Å². The molecule has 2 aromatic carbocycles. The van der Waals surface area contributed by atoms with Gasteiger partial charge in [0.1, 0.15) is 0 Å². The molecule has 0 aliphatic rings. The lowest BCUT2D eigenvalue weighted by Gasteiger charge is -2.08. The minimum atomic E-state index is -3.33. The standard InChI is InChI=1S/C16H18N4O5S/c1-17-26(24,25)11-13-7-5-12(6-8-13)10-18-16(21)19-14-3-2-4-15(9-14)20(22)23/h2-9,17H,10-11H2,1H3,(H2,18,19,21). The molecule has 0 heterocycles. The van der Waals surface area contributed by atoms with E-state index in [1.807, 2.05) is 0 Å². The molecule has 2 amide bonds. The highest BCUT2D eigenvalue weighted by atomic mass is 32.2. The van der Waals surface area contributed by atoms with Crippen LogP contribution in [0.25, 0.3) is 0 Å². The highest BCUT2D eigenvalue weighted by Gasteiger charge is 2.09. The second-order valence-corrected chi connectivity index (χ2v) is 7.32. The summed E-state index contributed by atoms with van der Waals surface area (Å²) < 4.78 is 25.2. The third-order valence-corrected chi connectivity index (χ3v) is 4.79. The number of sulfonamides is 1. The summed E-state index contributed by atoms with van der Waals surface area (Å²) in [5.41, 5.74) is 1.60. The maximum Gasteiger partial charge on any atom is 0.319 e. The summed E-state index contributed by atoms with van der Waals surface area (Å²) in [6, 6.07) is 11.9. The number of nitro groups is 1. The third-order valence-electron chi connectivity index (χ3n) is 3.46. The van der Waals surface area contributed by atoms with Gasteiger partial charge in [0.2, 0.25) is 10.0 Å². The zero-order chi connectivity index (χ0) is 19.2. The van der Waals surface area contributed by atoms with Gasteiger partial charge in [-0.2, -0.15) is 0 Å². The topological polar surface area (TPSA) is 130 Å². The number of non-ortho nitro benzene ring substituents is 1. The van der Waals surface area contributed by atoms with Gasteiger partial charge in [0.15, 0.2) is 0 Å². The second-order valence-electron chi connectivity index (χ2n) is 5.39. The first-order chi connectivity index (χ1) is 12.3. The van der Waals surface area contributed by atoms with Crippen LogP contribution in [0.15, 0.2) is 48.5 Å². The van der Waals surface area contributed by atoms with Crippen molar-refractivity contribution in [1.82, 2.24) is 10.0 Å². The number of benzene rings is 2. The Morgan fingerprint density at radius 1 is 1.12 bits per heavy atom. The fourth-order valence-electron chi connectivity index (χ4n) is 2.10. The SMILES string of the molecule is CNS(=O)(=O)Cc1ccc(CNC(=O)Nc2cccc([N+](=O)[O-])c2)cc1. The van der Waals surface area contributed by atoms with E-state index in [2.05, 4.69) is 15.4 Å². The van der Waals surface area contributed by atoms with Gasteiger partial charge in [-0.25, -0.2) is 17.9 Å². The molecule has 0 spiro atoms. The van der Waals surface area contributed by atoms with Crippen molar-refractivity contribution in [3.63, 3.8) is 0 Å². The van der Waals surface area contributed by atoms with Crippen LogP contribution in [0.3, 0.4) is 0 Å². The number of hydrogen-bond acceptors (Lipinski definition) is 5. The Morgan fingerprint density at radius 3 is 2.38 bits per heavy atom. The minimum Gasteiger partial charge on any atom is -0.334 e. The van der Waals surface area contributed by atoms with Crippen molar-refractivity contribution in [3.8, 4) is 0 Å². The van der Waals surface area contributed by atoms with E-state index in [1.54, 1.807) is 30.3 Å². The molecule has 0 fully saturated rings. The van der Waals surface area contributed by atoms with E-state index in [0.29, 0.717) is 11.3 Å². The molecule has 0 unspecified atom stereocenters. The van der Waals surface area contributed by atoms with Crippen LogP contribution in [0.5, 0.6) is 0 Å². The van der Waals surface area contributed by atoms with Gasteiger partial charge in [0, 0.05) is 24.4 Å². The van der Waals surface area contributed by atoms with E-state index in [0.717, 1.165) is 5.56 Å². The van der Waals surface area contributed by atoms with Crippen molar-refractivity contribution in [2.75, 3.05) is 12.4 Å². The van der Waals surface area contributed by atoms with E-state index < -0.39 is 21.0 Å². The Kier molecular flexibility index (Phi) is 6.26. The van der Waals surface area contributed by atoms with E-state index >= 15 is 0 Å². The predicted molar refractivity (Wildman–Crippen MR) is 97.1 cm³/mol. The number of hydrogen-bond donors (Lipinski definition) is 3. The van der Waals surface area contributed by atoms with E-state index in [4.69, 9.17) is 0 Å². The molecule has 0 saturated carbocycles. The third kappa shape index (κ3) is 5.83. The number of nitro benzene ring substituents is 1. The molecule has 3 N–H and O–H groups in total. The van der Waals surface area contributed by atoms with Gasteiger partial charge in [0.25, 0.3) is 5.69 Å². The summed E-state index contributed by atoms with van der Waals surface area (Å²) >= 11 is 0. The molecule has 0 atom stereocenters. The minimum absolute atomic E-state index is 0.116. The number of carbonyl (C=O) groups is 1. The molecule has 0 saturated heterocycles. The van der Waals surface area contributed by atoms with Crippen LogP contribution in [0.2, 0.25) is 0 Å². The van der Waals surface area contributed by atoms with Crippen LogP contribution in [0.1, 0.15) is 11.1 Å². The Labute approximate surface area is 150 Å². The lowest BCUT2D eigenvalue weighted by Crippen LogP contribution is -2.28. The molecule has 0 aliphatic carbocycles. The number of rotatable bonds is 7. The quantitative estimate of drug-likeness (QED) is 0.501. The number of nitrogens with one attached hydrogen (secondary N) is 3. The van der Waals surface area contributed by atoms with E-state index in [9.17, 15) is 23.3 Å². The number of amides is 2. The molecule has 10 heteroatoms. The molecule has 2 aromatic rings. The van der Waals surface area contributed by atoms with Gasteiger partial charge in [-0.1, -0.05) is 30.3 Å². The molecule has 26 heavy (non-hydrogen) atoms. The number of nitrogens with zero attached hydrogens (tertiary/aromatic N) is 1. The average molecular weight is 378 g/mol. The lowest BCUT2D eigenvalue weighted by molar-refractivity contribution is -0.384. The highest BCUT2D eigenvalue weighted by Crippen LogP contribution is 2.16. The molecule has 138 valence electrons. The maximum absolute atomic E-state index is 11.9. The van der Waals surface area contributed by atoms with Crippen LogP contribution in [-0.2, 0) is 22.3 Å². The predicted octanol–water partition coefficient (Wildman–Crippen LogP) is 1.97. The van der Waals surface area contributed by atoms with Crippen molar-refractivity contribution in [2.45, 2.75) is 12.3 Å². The van der Waals surface area contributed by atoms with Crippen molar-refractivity contribution >= 4 is 27.4 Å². The summed E-state index contributed by atoms with van der Waals surface area (Å²) in [6.45, 7) is 0.222. The molecular weight excluding hydrogens is 360 g/mol. The normalized spacial score (nSPS) is 11.0. The largest absolute Gasteiger partial charge is 0.334 e. The Morgan fingerprint density at radius 2 is 1.77 bits per heavy atom. The highest BCUT2D eigenvalue weighted by molar-refractivity contribution is 7.88. The van der Waals surface area contributed by atoms with Gasteiger partial charge >= 0.3 is 6.03 Å². The first-order valence-corrected chi connectivity index (χ1v) is 9.22. The summed E-state index contributed by atoms with van der Waals surface area (Å²) in [5.74, 6) is -0.121. The van der Waals surface area contributed by atoms with Gasteiger partial charge in [-0.3, -0.25) is 10.1 Å². The summed E-state index contributed by atoms with van der Waals surface area (Å²) in [6.07, 6.45) is 0. The summed E-state index contributed by atoms with van der Waals surface area (Å²) in [7, 11) is -1.98. The van der Waals surface area contributed by atoms with Crippen molar-refractivity contribution < 1.29 is 18.1 Å². The summed E-state index contributed by atoms with van der Waals surface area (Å²) in [5, 5.41) is 15.9. The first-order valence-electron chi connectivity index (χ1n) is 7.57. The number of anilines is 1. The van der Waals surface area contributed by atoms with Gasteiger partial charge in [-0.15, -0.1) is 0 Å². The molecule has 0 radical (unpaired) electrons. The molecule has 0 aliphatic heterocycles. The Bertz CT molecular complexity index is 897. The first kappa shape index (κ1) is 19.3. The Balaban J connectivity index is 1.89. The van der Waals surface area contributed by atoms with Crippen LogP contribution in [-0.4, -0.2) is 26.4 Å². The monoisotopic (exact) mass is 378 g/mol. The number of urea groups is 1. The zero-order valence-electron chi connectivity index (χ0n) is 13.9. The zero-order valence-corrected chi connectivity index (χ0v) is 14.7. The van der Waals surface area contributed by atoms with Crippen molar-refractivity contribution in [3.05, 3.63) is 69.8 Å². The molecule has 0 aromatic heterocycles. The van der Waals surface area contributed by atoms with Gasteiger partial charge in [0.05, 0.1) is 10.7 Å². The van der Waals surface area contributed by atoms with Crippen LogP contribution in [0, 0.1) is 10.1 Å². The molecule has 9 nitrogen and oxygen atoms in total.